The molecular weight excluding hydrogens is 200 g/mol. The second kappa shape index (κ2) is 4.63. The van der Waals surface area contributed by atoms with E-state index in [9.17, 15) is 9.59 Å². The maximum Gasteiger partial charge on any atom is 0.239 e. The first kappa shape index (κ1) is 11.3. The second-order valence-electron chi connectivity index (χ2n) is 3.36. The lowest BCUT2D eigenvalue weighted by molar-refractivity contribution is -0.139. The van der Waals surface area contributed by atoms with Crippen LogP contribution in [0.3, 0.4) is 0 Å². The van der Waals surface area contributed by atoms with Crippen molar-refractivity contribution in [3.8, 4) is 0 Å². The van der Waals surface area contributed by atoms with E-state index >= 15 is 0 Å². The molecular formula is C8H14N4O3. The minimum Gasteiger partial charge on any atom is -0.409 e. The van der Waals surface area contributed by atoms with Gasteiger partial charge in [0.15, 0.2) is 5.84 Å². The molecule has 1 aliphatic heterocycles. The van der Waals surface area contributed by atoms with Crippen molar-refractivity contribution in [2.45, 2.75) is 6.92 Å². The fourth-order valence-corrected chi connectivity index (χ4v) is 1.31. The number of nitrogens with one attached hydrogen (secondary N) is 1. The maximum atomic E-state index is 11.7. The van der Waals surface area contributed by atoms with Crippen molar-refractivity contribution in [3.63, 3.8) is 0 Å². The Labute approximate surface area is 86.9 Å². The Balaban J connectivity index is 2.63. The van der Waals surface area contributed by atoms with Crippen molar-refractivity contribution in [3.05, 3.63) is 0 Å². The van der Waals surface area contributed by atoms with E-state index in [0.717, 1.165) is 0 Å². The van der Waals surface area contributed by atoms with Gasteiger partial charge in [-0.05, 0) is 6.92 Å². The van der Waals surface area contributed by atoms with Crippen LogP contribution in [0.25, 0.3) is 0 Å². The van der Waals surface area contributed by atoms with E-state index in [1.54, 1.807) is 0 Å². The Morgan fingerprint density at radius 1 is 1.73 bits per heavy atom. The largest absolute Gasteiger partial charge is 0.409 e. The zero-order chi connectivity index (χ0) is 11.4. The van der Waals surface area contributed by atoms with Crippen molar-refractivity contribution >= 4 is 17.6 Å². The highest BCUT2D eigenvalue weighted by Crippen LogP contribution is 2.04. The number of hydrogen-bond acceptors (Lipinski definition) is 4. The van der Waals surface area contributed by atoms with Crippen molar-refractivity contribution in [1.29, 1.82) is 0 Å². The van der Waals surface area contributed by atoms with E-state index in [0.29, 0.717) is 13.1 Å². The van der Waals surface area contributed by atoms with Crippen LogP contribution in [0, 0.1) is 5.92 Å². The number of oxime groups is 1. The average molecular weight is 214 g/mol. The summed E-state index contributed by atoms with van der Waals surface area (Å²) in [5.74, 6) is -1.35. The minimum absolute atomic E-state index is 0.0296. The van der Waals surface area contributed by atoms with Gasteiger partial charge in [0.1, 0.15) is 0 Å². The van der Waals surface area contributed by atoms with Gasteiger partial charge in [0.25, 0.3) is 0 Å². The van der Waals surface area contributed by atoms with Crippen molar-refractivity contribution in [1.82, 2.24) is 10.2 Å². The van der Waals surface area contributed by atoms with E-state index in [4.69, 9.17) is 10.9 Å². The molecule has 1 aliphatic rings. The first-order valence-corrected chi connectivity index (χ1v) is 4.59. The van der Waals surface area contributed by atoms with Crippen LogP contribution < -0.4 is 11.1 Å². The SMILES string of the molecule is CC(C(=O)N1CCNC(=O)C1)C(N)=NO. The molecule has 1 fully saturated rings. The summed E-state index contributed by atoms with van der Waals surface area (Å²) in [5, 5.41) is 13.8. The van der Waals surface area contributed by atoms with Gasteiger partial charge in [0.05, 0.1) is 12.5 Å². The first-order valence-electron chi connectivity index (χ1n) is 4.59. The summed E-state index contributed by atoms with van der Waals surface area (Å²) >= 11 is 0. The molecule has 1 heterocycles. The Morgan fingerprint density at radius 2 is 2.40 bits per heavy atom. The van der Waals surface area contributed by atoms with Gasteiger partial charge in [-0.1, -0.05) is 5.16 Å². The minimum atomic E-state index is -0.708. The van der Waals surface area contributed by atoms with Gasteiger partial charge in [-0.25, -0.2) is 0 Å². The number of amides is 2. The number of nitrogens with zero attached hydrogens (tertiary/aromatic N) is 2. The summed E-state index contributed by atoms with van der Waals surface area (Å²) < 4.78 is 0. The van der Waals surface area contributed by atoms with Crippen LogP contribution in [0.15, 0.2) is 5.16 Å². The molecule has 7 nitrogen and oxygen atoms in total. The number of nitrogens with two attached hydrogens (primary N) is 1. The van der Waals surface area contributed by atoms with Crippen LogP contribution in [0.1, 0.15) is 6.92 Å². The monoisotopic (exact) mass is 214 g/mol. The number of carbonyl (C=O) groups is 2. The van der Waals surface area contributed by atoms with Gasteiger partial charge in [-0.15, -0.1) is 0 Å². The first-order chi connectivity index (χ1) is 7.06. The Hall–Kier alpha value is -1.79. The lowest BCUT2D eigenvalue weighted by atomic mass is 10.1. The third-order valence-electron chi connectivity index (χ3n) is 2.28. The lowest BCUT2D eigenvalue weighted by Crippen LogP contribution is -2.52. The zero-order valence-corrected chi connectivity index (χ0v) is 8.43. The number of hydrogen-bond donors (Lipinski definition) is 3. The molecule has 4 N–H and O–H groups in total. The summed E-state index contributed by atoms with van der Waals surface area (Å²) in [7, 11) is 0. The smallest absolute Gasteiger partial charge is 0.239 e. The zero-order valence-electron chi connectivity index (χ0n) is 8.43. The predicted octanol–water partition coefficient (Wildman–Crippen LogP) is -1.67. The summed E-state index contributed by atoms with van der Waals surface area (Å²) in [6.45, 7) is 2.45. The van der Waals surface area contributed by atoms with Gasteiger partial charge in [0.2, 0.25) is 11.8 Å². The topological polar surface area (TPSA) is 108 Å². The molecule has 0 aromatic rings. The Bertz CT molecular complexity index is 302. The summed E-state index contributed by atoms with van der Waals surface area (Å²) in [4.78, 5) is 24.1. The average Bonchev–Trinajstić information content (AvgIpc) is 2.26. The van der Waals surface area contributed by atoms with Crippen molar-refractivity contribution in [2.24, 2.45) is 16.8 Å². The number of amidine groups is 1. The molecule has 1 atom stereocenters. The van der Waals surface area contributed by atoms with Gasteiger partial charge >= 0.3 is 0 Å². The molecule has 15 heavy (non-hydrogen) atoms. The highest BCUT2D eigenvalue weighted by molar-refractivity contribution is 6.02. The summed E-state index contributed by atoms with van der Waals surface area (Å²) in [6.07, 6.45) is 0. The van der Waals surface area contributed by atoms with Crippen LogP contribution in [0.4, 0.5) is 0 Å². The number of carbonyl (C=O) groups excluding carboxylic acids is 2. The lowest BCUT2D eigenvalue weighted by Gasteiger charge is -2.28. The molecule has 0 aromatic heterocycles. The Kier molecular flexibility index (Phi) is 3.48. The van der Waals surface area contributed by atoms with Gasteiger partial charge < -0.3 is 21.2 Å². The maximum absolute atomic E-state index is 11.7. The predicted molar refractivity (Wildman–Crippen MR) is 52.2 cm³/mol. The van der Waals surface area contributed by atoms with Crippen LogP contribution >= 0.6 is 0 Å². The molecule has 1 unspecified atom stereocenters. The van der Waals surface area contributed by atoms with Gasteiger partial charge in [-0.2, -0.15) is 0 Å². The fourth-order valence-electron chi connectivity index (χ4n) is 1.31. The fraction of sp³-hybridized carbons (Fsp3) is 0.625. The molecule has 1 rings (SSSR count). The van der Waals surface area contributed by atoms with Crippen molar-refractivity contribution < 1.29 is 14.8 Å². The highest BCUT2D eigenvalue weighted by Gasteiger charge is 2.27. The third kappa shape index (κ3) is 2.58. The van der Waals surface area contributed by atoms with E-state index in [1.807, 2.05) is 0 Å². The van der Waals surface area contributed by atoms with E-state index in [-0.39, 0.29) is 24.2 Å². The quantitative estimate of drug-likeness (QED) is 0.221. The van der Waals surface area contributed by atoms with Gasteiger partial charge in [-0.3, -0.25) is 9.59 Å². The van der Waals surface area contributed by atoms with Crippen LogP contribution in [0.5, 0.6) is 0 Å². The summed E-state index contributed by atoms with van der Waals surface area (Å²) in [6, 6.07) is 0. The molecule has 84 valence electrons. The molecule has 1 saturated heterocycles. The normalized spacial score (nSPS) is 19.7. The molecule has 0 saturated carbocycles. The number of rotatable bonds is 2. The van der Waals surface area contributed by atoms with E-state index in [2.05, 4.69) is 10.5 Å². The highest BCUT2D eigenvalue weighted by atomic mass is 16.4. The van der Waals surface area contributed by atoms with E-state index in [1.165, 1.54) is 11.8 Å². The molecule has 0 bridgehead atoms. The van der Waals surface area contributed by atoms with Crippen LogP contribution in [0.2, 0.25) is 0 Å². The molecule has 7 heteroatoms. The molecule has 0 spiro atoms. The number of piperazine rings is 1. The van der Waals surface area contributed by atoms with Gasteiger partial charge in [0, 0.05) is 13.1 Å². The summed E-state index contributed by atoms with van der Waals surface area (Å²) in [5.41, 5.74) is 5.31. The second-order valence-corrected chi connectivity index (χ2v) is 3.36. The van der Waals surface area contributed by atoms with E-state index < -0.39 is 5.92 Å². The molecule has 0 aliphatic carbocycles. The van der Waals surface area contributed by atoms with Crippen molar-refractivity contribution in [2.75, 3.05) is 19.6 Å². The molecule has 0 aromatic carbocycles. The van der Waals surface area contributed by atoms with Crippen LogP contribution in [-0.4, -0.2) is 47.4 Å². The molecule has 0 radical (unpaired) electrons. The molecule has 2 amide bonds. The van der Waals surface area contributed by atoms with Crippen LogP contribution in [-0.2, 0) is 9.59 Å². The standard InChI is InChI=1S/C8H14N4O3/c1-5(7(9)11-15)8(14)12-3-2-10-6(13)4-12/h5,15H,2-4H2,1H3,(H2,9,11)(H,10,13). The Morgan fingerprint density at radius 3 is 2.93 bits per heavy atom. The third-order valence-corrected chi connectivity index (χ3v) is 2.28.